The number of nitrogens with zero attached hydrogens (tertiary/aromatic N) is 3. The largest absolute Gasteiger partial charge is 0.493 e. The molecule has 0 fully saturated rings. The first kappa shape index (κ1) is 21.8. The van der Waals surface area contributed by atoms with E-state index in [1.54, 1.807) is 49.4 Å². The minimum Gasteiger partial charge on any atom is -0.493 e. The molecule has 1 heterocycles. The van der Waals surface area contributed by atoms with Gasteiger partial charge in [-0.05, 0) is 61.9 Å². The molecule has 4 rings (SSSR count). The maximum atomic E-state index is 13.8. The molecule has 0 saturated carbocycles. The average molecular weight is 444 g/mol. The van der Waals surface area contributed by atoms with Crippen molar-refractivity contribution in [2.75, 3.05) is 12.4 Å². The van der Waals surface area contributed by atoms with E-state index in [0.29, 0.717) is 45.7 Å². The van der Waals surface area contributed by atoms with Crippen LogP contribution in [0.1, 0.15) is 30.0 Å². The topological polar surface area (TPSA) is 93.2 Å². The summed E-state index contributed by atoms with van der Waals surface area (Å²) in [4.78, 5) is 4.39. The Morgan fingerprint density at radius 3 is 2.55 bits per heavy atom. The van der Waals surface area contributed by atoms with Crippen molar-refractivity contribution in [3.8, 4) is 34.7 Å². The Kier molecular flexibility index (Phi) is 6.22. The molecule has 0 spiro atoms. The fourth-order valence-corrected chi connectivity index (χ4v) is 3.14. The first-order valence-electron chi connectivity index (χ1n) is 10.2. The molecule has 0 saturated heterocycles. The smallest absolute Gasteiger partial charge is 0.249 e. The lowest BCUT2D eigenvalue weighted by Crippen LogP contribution is -2.06. The third-order valence-corrected chi connectivity index (χ3v) is 5.00. The number of halogens is 1. The highest BCUT2D eigenvalue weighted by atomic mass is 19.1. The second-order valence-electron chi connectivity index (χ2n) is 7.39. The van der Waals surface area contributed by atoms with Crippen molar-refractivity contribution in [1.82, 2.24) is 10.1 Å². The number of aromatic nitrogens is 2. The molecule has 0 aliphatic heterocycles. The Hall–Kier alpha value is -4.38. The van der Waals surface area contributed by atoms with E-state index in [1.807, 2.05) is 19.1 Å². The zero-order chi connectivity index (χ0) is 23.4. The van der Waals surface area contributed by atoms with Crippen LogP contribution in [0.3, 0.4) is 0 Å². The predicted octanol–water partition coefficient (Wildman–Crippen LogP) is 6.03. The van der Waals surface area contributed by atoms with E-state index in [0.717, 1.165) is 5.69 Å². The maximum absolute atomic E-state index is 13.8. The van der Waals surface area contributed by atoms with Crippen molar-refractivity contribution in [3.63, 3.8) is 0 Å². The molecule has 0 amide bonds. The summed E-state index contributed by atoms with van der Waals surface area (Å²) in [6.07, 6.45) is 0. The average Bonchev–Trinajstić information content (AvgIpc) is 3.33. The van der Waals surface area contributed by atoms with Gasteiger partial charge < -0.3 is 19.3 Å². The summed E-state index contributed by atoms with van der Waals surface area (Å²) in [6.45, 7) is 3.59. The van der Waals surface area contributed by atoms with Crippen molar-refractivity contribution in [1.29, 1.82) is 5.26 Å². The lowest BCUT2D eigenvalue weighted by molar-refractivity contribution is 0.368. The van der Waals surface area contributed by atoms with Gasteiger partial charge in [-0.15, -0.1) is 0 Å². The number of hydrogen-bond donors (Lipinski definition) is 1. The molecule has 0 aliphatic rings. The van der Waals surface area contributed by atoms with Gasteiger partial charge in [-0.1, -0.05) is 17.3 Å². The Bertz CT molecular complexity index is 1310. The first-order chi connectivity index (χ1) is 16.0. The molecule has 1 unspecified atom stereocenters. The van der Waals surface area contributed by atoms with Crippen LogP contribution in [0.25, 0.3) is 11.4 Å². The van der Waals surface area contributed by atoms with Crippen LogP contribution in [-0.2, 0) is 0 Å². The molecule has 0 aliphatic carbocycles. The lowest BCUT2D eigenvalue weighted by atomic mass is 10.1. The van der Waals surface area contributed by atoms with Crippen LogP contribution in [0.2, 0.25) is 0 Å². The first-order valence-corrected chi connectivity index (χ1v) is 10.2. The molecular weight excluding hydrogens is 423 g/mol. The zero-order valence-electron chi connectivity index (χ0n) is 18.3. The second-order valence-corrected chi connectivity index (χ2v) is 7.39. The van der Waals surface area contributed by atoms with Gasteiger partial charge in [0.15, 0.2) is 11.5 Å². The van der Waals surface area contributed by atoms with E-state index in [-0.39, 0.29) is 11.9 Å². The van der Waals surface area contributed by atoms with Crippen LogP contribution in [0, 0.1) is 24.1 Å². The molecule has 1 atom stereocenters. The zero-order valence-corrected chi connectivity index (χ0v) is 18.3. The summed E-state index contributed by atoms with van der Waals surface area (Å²) in [5.74, 6) is 2.00. The highest BCUT2D eigenvalue weighted by molar-refractivity contribution is 5.55. The van der Waals surface area contributed by atoms with E-state index >= 15 is 0 Å². The Labute approximate surface area is 190 Å². The number of methoxy groups -OCH3 is 1. The van der Waals surface area contributed by atoms with Crippen LogP contribution >= 0.6 is 0 Å². The minimum atomic E-state index is -0.314. The number of hydrogen-bond acceptors (Lipinski definition) is 7. The molecule has 166 valence electrons. The monoisotopic (exact) mass is 444 g/mol. The van der Waals surface area contributed by atoms with Crippen molar-refractivity contribution in [3.05, 3.63) is 83.5 Å². The van der Waals surface area contributed by atoms with Crippen LogP contribution in [0.15, 0.2) is 65.2 Å². The van der Waals surface area contributed by atoms with Crippen molar-refractivity contribution in [2.24, 2.45) is 0 Å². The third kappa shape index (κ3) is 4.93. The van der Waals surface area contributed by atoms with E-state index in [9.17, 15) is 4.39 Å². The van der Waals surface area contributed by atoms with E-state index in [4.69, 9.17) is 19.3 Å². The van der Waals surface area contributed by atoms with Gasteiger partial charge in [0.05, 0.1) is 18.7 Å². The number of aryl methyl sites for hydroxylation is 1. The molecule has 8 heteroatoms. The number of benzene rings is 3. The van der Waals surface area contributed by atoms with Crippen molar-refractivity contribution >= 4 is 5.69 Å². The van der Waals surface area contributed by atoms with Gasteiger partial charge in [0, 0.05) is 17.3 Å². The number of ether oxygens (including phenoxy) is 2. The van der Waals surface area contributed by atoms with Gasteiger partial charge in [0.1, 0.15) is 17.6 Å². The molecule has 1 aromatic heterocycles. The lowest BCUT2D eigenvalue weighted by Gasteiger charge is -2.13. The standard InChI is InChI=1S/C25H21FN4O3/c1-15-4-6-18(13-21(15)26)24-29-25(33-30-24)16(2)28-19-7-9-20(10-8-19)32-22-11-5-17(14-27)12-23(22)31-3/h4-13,16,28H,1-3H3. The van der Waals surface area contributed by atoms with Crippen LogP contribution < -0.4 is 14.8 Å². The molecular formula is C25H21FN4O3. The number of rotatable bonds is 7. The van der Waals surface area contributed by atoms with Gasteiger partial charge in [-0.3, -0.25) is 0 Å². The SMILES string of the molecule is COc1cc(C#N)ccc1Oc1ccc(NC(C)c2nc(-c3ccc(C)c(F)c3)no2)cc1. The quantitative estimate of drug-likeness (QED) is 0.372. The number of nitrogens with one attached hydrogen (secondary N) is 1. The van der Waals surface area contributed by atoms with Crippen LogP contribution in [0.4, 0.5) is 10.1 Å². The summed E-state index contributed by atoms with van der Waals surface area (Å²) in [6, 6.07) is 18.9. The minimum absolute atomic E-state index is 0.271. The Balaban J connectivity index is 1.43. The molecule has 0 radical (unpaired) electrons. The Morgan fingerprint density at radius 2 is 1.85 bits per heavy atom. The fraction of sp³-hybridized carbons (Fsp3) is 0.160. The predicted molar refractivity (Wildman–Crippen MR) is 121 cm³/mol. The summed E-state index contributed by atoms with van der Waals surface area (Å²) in [5.41, 5.74) is 2.43. The normalized spacial score (nSPS) is 11.5. The molecule has 1 N–H and O–H groups in total. The molecule has 4 aromatic rings. The van der Waals surface area contributed by atoms with Gasteiger partial charge in [0.2, 0.25) is 11.7 Å². The van der Waals surface area contributed by atoms with Gasteiger partial charge in [-0.25, -0.2) is 4.39 Å². The molecule has 0 bridgehead atoms. The molecule has 33 heavy (non-hydrogen) atoms. The summed E-state index contributed by atoms with van der Waals surface area (Å²) in [7, 11) is 1.52. The third-order valence-electron chi connectivity index (χ3n) is 5.00. The van der Waals surface area contributed by atoms with E-state index in [2.05, 4.69) is 21.5 Å². The number of nitriles is 1. The summed E-state index contributed by atoms with van der Waals surface area (Å²) >= 11 is 0. The molecule has 3 aromatic carbocycles. The van der Waals surface area contributed by atoms with E-state index < -0.39 is 0 Å². The second kappa shape index (κ2) is 9.40. The van der Waals surface area contributed by atoms with Gasteiger partial charge in [-0.2, -0.15) is 10.2 Å². The highest BCUT2D eigenvalue weighted by Gasteiger charge is 2.16. The van der Waals surface area contributed by atoms with Gasteiger partial charge >= 0.3 is 0 Å². The summed E-state index contributed by atoms with van der Waals surface area (Å²) in [5, 5.41) is 16.3. The molecule has 7 nitrogen and oxygen atoms in total. The van der Waals surface area contributed by atoms with Crippen LogP contribution in [0.5, 0.6) is 17.2 Å². The Morgan fingerprint density at radius 1 is 1.06 bits per heavy atom. The van der Waals surface area contributed by atoms with Crippen molar-refractivity contribution < 1.29 is 18.4 Å². The fourth-order valence-electron chi connectivity index (χ4n) is 3.14. The van der Waals surface area contributed by atoms with Crippen LogP contribution in [-0.4, -0.2) is 17.3 Å². The number of anilines is 1. The summed E-state index contributed by atoms with van der Waals surface area (Å²) < 4.78 is 30.4. The maximum Gasteiger partial charge on any atom is 0.249 e. The highest BCUT2D eigenvalue weighted by Crippen LogP contribution is 2.33. The van der Waals surface area contributed by atoms with Crippen molar-refractivity contribution in [2.45, 2.75) is 19.9 Å². The van der Waals surface area contributed by atoms with Gasteiger partial charge in [0.25, 0.3) is 0 Å². The van der Waals surface area contributed by atoms with E-state index in [1.165, 1.54) is 13.2 Å².